The Bertz CT molecular complexity index is 509. The number of anilines is 1. The van der Waals surface area contributed by atoms with Crippen molar-refractivity contribution in [2.45, 2.75) is 11.3 Å². The van der Waals surface area contributed by atoms with Crippen LogP contribution in [0.4, 0.5) is 5.69 Å². The lowest BCUT2D eigenvalue weighted by atomic mass is 10.2. The molecule has 0 radical (unpaired) electrons. The first-order valence-electron chi connectivity index (χ1n) is 5.34. The molecule has 1 aromatic rings. The van der Waals surface area contributed by atoms with Crippen LogP contribution in [0.15, 0.2) is 27.6 Å². The SMILES string of the molecule is Nc1cc(Br)ccc1S(=O)(=O)CC1CCOC1. The van der Waals surface area contributed by atoms with Crippen molar-refractivity contribution in [1.82, 2.24) is 0 Å². The highest BCUT2D eigenvalue weighted by molar-refractivity contribution is 9.10. The summed E-state index contributed by atoms with van der Waals surface area (Å²) in [5.74, 6) is 0.196. The van der Waals surface area contributed by atoms with Crippen LogP contribution in [0.2, 0.25) is 0 Å². The van der Waals surface area contributed by atoms with Gasteiger partial charge in [0, 0.05) is 11.1 Å². The molecule has 1 aromatic carbocycles. The molecule has 0 bridgehead atoms. The van der Waals surface area contributed by atoms with Crippen molar-refractivity contribution in [3.8, 4) is 0 Å². The molecule has 6 heteroatoms. The van der Waals surface area contributed by atoms with E-state index in [9.17, 15) is 8.42 Å². The van der Waals surface area contributed by atoms with Crippen LogP contribution in [-0.4, -0.2) is 27.4 Å². The summed E-state index contributed by atoms with van der Waals surface area (Å²) >= 11 is 3.26. The Morgan fingerprint density at radius 3 is 2.82 bits per heavy atom. The molecule has 2 N–H and O–H groups in total. The maximum absolute atomic E-state index is 12.2. The van der Waals surface area contributed by atoms with Gasteiger partial charge in [-0.2, -0.15) is 0 Å². The third kappa shape index (κ3) is 3.00. The van der Waals surface area contributed by atoms with Gasteiger partial charge < -0.3 is 10.5 Å². The zero-order valence-electron chi connectivity index (χ0n) is 9.23. The Morgan fingerprint density at radius 2 is 2.24 bits per heavy atom. The molecule has 1 aliphatic heterocycles. The van der Waals surface area contributed by atoms with Gasteiger partial charge >= 0.3 is 0 Å². The highest BCUT2D eigenvalue weighted by Crippen LogP contribution is 2.26. The van der Waals surface area contributed by atoms with Crippen LogP contribution in [0, 0.1) is 5.92 Å². The fraction of sp³-hybridized carbons (Fsp3) is 0.455. The molecule has 1 aliphatic rings. The summed E-state index contributed by atoms with van der Waals surface area (Å²) in [6, 6.07) is 4.84. The lowest BCUT2D eigenvalue weighted by Crippen LogP contribution is -2.17. The van der Waals surface area contributed by atoms with Crippen LogP contribution in [-0.2, 0) is 14.6 Å². The van der Waals surface area contributed by atoms with Gasteiger partial charge in [0.1, 0.15) is 0 Å². The molecule has 1 heterocycles. The number of benzene rings is 1. The van der Waals surface area contributed by atoms with Crippen molar-refractivity contribution in [2.75, 3.05) is 24.7 Å². The first kappa shape index (κ1) is 12.9. The Labute approximate surface area is 109 Å². The Hall–Kier alpha value is -0.590. The van der Waals surface area contributed by atoms with Crippen molar-refractivity contribution in [1.29, 1.82) is 0 Å². The second-order valence-electron chi connectivity index (χ2n) is 4.19. The molecule has 0 saturated carbocycles. The van der Waals surface area contributed by atoms with Gasteiger partial charge in [0.05, 0.1) is 22.9 Å². The maximum atomic E-state index is 12.2. The number of halogens is 1. The van der Waals surface area contributed by atoms with Crippen LogP contribution in [0.1, 0.15) is 6.42 Å². The minimum absolute atomic E-state index is 0.0862. The van der Waals surface area contributed by atoms with E-state index in [1.54, 1.807) is 18.2 Å². The average Bonchev–Trinajstić information content (AvgIpc) is 2.68. The van der Waals surface area contributed by atoms with Gasteiger partial charge in [-0.15, -0.1) is 0 Å². The predicted octanol–water partition coefficient (Wildman–Crippen LogP) is 1.84. The average molecular weight is 320 g/mol. The van der Waals surface area contributed by atoms with E-state index in [4.69, 9.17) is 10.5 Å². The van der Waals surface area contributed by atoms with E-state index >= 15 is 0 Å². The number of rotatable bonds is 3. The van der Waals surface area contributed by atoms with Crippen molar-refractivity contribution >= 4 is 31.5 Å². The molecular weight excluding hydrogens is 306 g/mol. The fourth-order valence-corrected chi connectivity index (χ4v) is 4.05. The second kappa shape index (κ2) is 4.96. The van der Waals surface area contributed by atoms with E-state index in [2.05, 4.69) is 15.9 Å². The number of hydrogen-bond donors (Lipinski definition) is 1. The van der Waals surface area contributed by atoms with Crippen molar-refractivity contribution in [3.05, 3.63) is 22.7 Å². The van der Waals surface area contributed by atoms with Gasteiger partial charge in [-0.3, -0.25) is 0 Å². The number of nitrogens with two attached hydrogens (primary N) is 1. The highest BCUT2D eigenvalue weighted by Gasteiger charge is 2.26. The molecule has 0 aromatic heterocycles. The van der Waals surface area contributed by atoms with Crippen LogP contribution >= 0.6 is 15.9 Å². The number of ether oxygens (including phenoxy) is 1. The van der Waals surface area contributed by atoms with Crippen molar-refractivity contribution in [3.63, 3.8) is 0 Å². The molecule has 1 unspecified atom stereocenters. The third-order valence-electron chi connectivity index (χ3n) is 2.79. The Morgan fingerprint density at radius 1 is 1.47 bits per heavy atom. The third-order valence-corrected chi connectivity index (χ3v) is 5.23. The molecule has 0 aliphatic carbocycles. The Kier molecular flexibility index (Phi) is 3.75. The summed E-state index contributed by atoms with van der Waals surface area (Å²) in [7, 11) is -3.32. The molecular formula is C11H14BrNO3S. The summed E-state index contributed by atoms with van der Waals surface area (Å²) in [4.78, 5) is 0.215. The molecule has 1 fully saturated rings. The van der Waals surface area contributed by atoms with E-state index in [1.165, 1.54) is 0 Å². The van der Waals surface area contributed by atoms with Gasteiger partial charge in [0.15, 0.2) is 9.84 Å². The predicted molar refractivity (Wildman–Crippen MR) is 69.5 cm³/mol. The zero-order chi connectivity index (χ0) is 12.5. The molecule has 0 spiro atoms. The topological polar surface area (TPSA) is 69.4 Å². The second-order valence-corrected chi connectivity index (χ2v) is 7.11. The molecule has 1 saturated heterocycles. The first-order valence-corrected chi connectivity index (χ1v) is 7.79. The van der Waals surface area contributed by atoms with Crippen molar-refractivity contribution in [2.24, 2.45) is 5.92 Å². The lowest BCUT2D eigenvalue weighted by molar-refractivity contribution is 0.188. The van der Waals surface area contributed by atoms with E-state index in [-0.39, 0.29) is 16.6 Å². The molecule has 1 atom stereocenters. The first-order chi connectivity index (χ1) is 7.99. The van der Waals surface area contributed by atoms with E-state index in [0.29, 0.717) is 18.9 Å². The monoisotopic (exact) mass is 319 g/mol. The Balaban J connectivity index is 2.24. The van der Waals surface area contributed by atoms with E-state index in [0.717, 1.165) is 10.9 Å². The summed E-state index contributed by atoms with van der Waals surface area (Å²) in [5.41, 5.74) is 6.03. The molecule has 17 heavy (non-hydrogen) atoms. The van der Waals surface area contributed by atoms with Gasteiger partial charge in [0.25, 0.3) is 0 Å². The highest BCUT2D eigenvalue weighted by atomic mass is 79.9. The molecule has 4 nitrogen and oxygen atoms in total. The number of hydrogen-bond acceptors (Lipinski definition) is 4. The van der Waals surface area contributed by atoms with Crippen LogP contribution < -0.4 is 5.73 Å². The largest absolute Gasteiger partial charge is 0.398 e. The van der Waals surface area contributed by atoms with Crippen LogP contribution in [0.25, 0.3) is 0 Å². The quantitative estimate of drug-likeness (QED) is 0.863. The van der Waals surface area contributed by atoms with Crippen LogP contribution in [0.3, 0.4) is 0 Å². The molecule has 0 amide bonds. The van der Waals surface area contributed by atoms with Crippen LogP contribution in [0.5, 0.6) is 0 Å². The summed E-state index contributed by atoms with van der Waals surface area (Å²) in [5, 5.41) is 0. The van der Waals surface area contributed by atoms with Gasteiger partial charge in [-0.25, -0.2) is 8.42 Å². The van der Waals surface area contributed by atoms with Crippen molar-refractivity contribution < 1.29 is 13.2 Å². The van der Waals surface area contributed by atoms with Gasteiger partial charge in [-0.1, -0.05) is 15.9 Å². The summed E-state index contributed by atoms with van der Waals surface area (Å²) in [6.45, 7) is 1.17. The van der Waals surface area contributed by atoms with Gasteiger partial charge in [-0.05, 0) is 30.5 Å². The maximum Gasteiger partial charge on any atom is 0.180 e. The minimum Gasteiger partial charge on any atom is -0.398 e. The smallest absolute Gasteiger partial charge is 0.180 e. The number of nitrogen functional groups attached to an aromatic ring is 1. The zero-order valence-corrected chi connectivity index (χ0v) is 11.6. The minimum atomic E-state index is -3.32. The lowest BCUT2D eigenvalue weighted by Gasteiger charge is -2.11. The summed E-state index contributed by atoms with van der Waals surface area (Å²) < 4.78 is 30.3. The molecule has 2 rings (SSSR count). The normalized spacial score (nSPS) is 20.6. The standard InChI is InChI=1S/C11H14BrNO3S/c12-9-1-2-11(10(13)5-9)17(14,15)7-8-3-4-16-6-8/h1-2,5,8H,3-4,6-7,13H2. The number of sulfone groups is 1. The fourth-order valence-electron chi connectivity index (χ4n) is 1.92. The molecule has 94 valence electrons. The van der Waals surface area contributed by atoms with Gasteiger partial charge in [0.2, 0.25) is 0 Å². The van der Waals surface area contributed by atoms with E-state index < -0.39 is 9.84 Å². The van der Waals surface area contributed by atoms with E-state index in [1.807, 2.05) is 0 Å². The summed E-state index contributed by atoms with van der Waals surface area (Å²) in [6.07, 6.45) is 0.801.